The normalized spacial score (nSPS) is 34.8. The van der Waals surface area contributed by atoms with Gasteiger partial charge in [-0.05, 0) is 115 Å². The maximum atomic E-state index is 12.8. The van der Waals surface area contributed by atoms with Gasteiger partial charge in [-0.3, -0.25) is 0 Å². The number of rotatable bonds is 10. The summed E-state index contributed by atoms with van der Waals surface area (Å²) in [5.74, 6) is 6.12. The van der Waals surface area contributed by atoms with Gasteiger partial charge >= 0.3 is 5.97 Å². The molecular formula is C38H56O4. The fourth-order valence-corrected chi connectivity index (χ4v) is 10.1. The zero-order chi connectivity index (χ0) is 30.1. The SMILES string of the molecule is COc1ccc(/C=C/C(=O)O[C@H]2CC[C@@]3(C)C(=CCC4C3CC[C@@]3(C)C4CC[C@@H]3[C@H](C)CCCC(C)C)C2)cc1OC. The molecule has 0 amide bonds. The Kier molecular flexibility index (Phi) is 9.50. The Bertz CT molecular complexity index is 1170. The summed E-state index contributed by atoms with van der Waals surface area (Å²) in [4.78, 5) is 12.8. The lowest BCUT2D eigenvalue weighted by Crippen LogP contribution is -2.51. The molecule has 1 aromatic carbocycles. The Morgan fingerprint density at radius 3 is 2.50 bits per heavy atom. The van der Waals surface area contributed by atoms with E-state index >= 15 is 0 Å². The topological polar surface area (TPSA) is 44.8 Å². The molecule has 4 aliphatic rings. The first-order chi connectivity index (χ1) is 20.1. The molecule has 4 aliphatic carbocycles. The number of carbonyl (C=O) groups is 1. The van der Waals surface area contributed by atoms with E-state index in [9.17, 15) is 4.79 Å². The molecule has 4 nitrogen and oxygen atoms in total. The van der Waals surface area contributed by atoms with Gasteiger partial charge in [-0.15, -0.1) is 0 Å². The zero-order valence-electron chi connectivity index (χ0n) is 27.4. The largest absolute Gasteiger partial charge is 0.493 e. The first kappa shape index (κ1) is 31.2. The van der Waals surface area contributed by atoms with Crippen molar-refractivity contribution in [3.63, 3.8) is 0 Å². The summed E-state index contributed by atoms with van der Waals surface area (Å²) in [5.41, 5.74) is 3.23. The van der Waals surface area contributed by atoms with Crippen molar-refractivity contribution in [2.75, 3.05) is 14.2 Å². The standard InChI is InChI=1S/C38H56O4/c1-25(2)9-8-10-26(3)31-15-16-32-30-14-13-28-24-29(19-21-37(28,4)33(30)20-22-38(31,32)5)42-36(39)18-12-27-11-17-34(40-6)35(23-27)41-7/h11-13,17-18,23,25-26,29-33H,8-10,14-16,19-22,24H2,1-7H3/b18-12+/t26-,29+,30?,31-,32?,33?,37+,38-/m1/s1. The number of allylic oxidation sites excluding steroid dienone is 1. The number of benzene rings is 1. The molecule has 0 aliphatic heterocycles. The van der Waals surface area contributed by atoms with Crippen LogP contribution in [-0.4, -0.2) is 26.3 Å². The van der Waals surface area contributed by atoms with Crippen molar-refractivity contribution >= 4 is 12.0 Å². The second-order valence-corrected chi connectivity index (χ2v) is 15.0. The minimum Gasteiger partial charge on any atom is -0.493 e. The summed E-state index contributed by atoms with van der Waals surface area (Å²) in [6.07, 6.45) is 19.9. The van der Waals surface area contributed by atoms with Crippen molar-refractivity contribution in [3.8, 4) is 11.5 Å². The Labute approximate surface area is 255 Å². The number of hydrogen-bond donors (Lipinski definition) is 0. The van der Waals surface area contributed by atoms with Crippen molar-refractivity contribution in [2.24, 2.45) is 46.3 Å². The lowest BCUT2D eigenvalue weighted by Gasteiger charge is -2.58. The van der Waals surface area contributed by atoms with E-state index in [0.717, 1.165) is 60.3 Å². The van der Waals surface area contributed by atoms with Crippen molar-refractivity contribution in [2.45, 2.75) is 111 Å². The van der Waals surface area contributed by atoms with Crippen molar-refractivity contribution in [1.29, 1.82) is 0 Å². The Morgan fingerprint density at radius 1 is 0.976 bits per heavy atom. The van der Waals surface area contributed by atoms with E-state index in [-0.39, 0.29) is 17.5 Å². The number of fused-ring (bicyclic) bond motifs is 5. The summed E-state index contributed by atoms with van der Waals surface area (Å²) in [7, 11) is 3.24. The maximum absolute atomic E-state index is 12.8. The number of hydrogen-bond acceptors (Lipinski definition) is 4. The molecule has 0 saturated heterocycles. The van der Waals surface area contributed by atoms with Crippen LogP contribution in [0.3, 0.4) is 0 Å². The van der Waals surface area contributed by atoms with Crippen LogP contribution in [0.5, 0.6) is 11.5 Å². The van der Waals surface area contributed by atoms with Gasteiger partial charge in [0.1, 0.15) is 6.10 Å². The average molecular weight is 577 g/mol. The minimum absolute atomic E-state index is 0.0279. The first-order valence-electron chi connectivity index (χ1n) is 16.9. The molecule has 8 atom stereocenters. The average Bonchev–Trinajstić information content (AvgIpc) is 3.33. The molecule has 232 valence electrons. The van der Waals surface area contributed by atoms with Crippen LogP contribution in [0.15, 0.2) is 35.9 Å². The van der Waals surface area contributed by atoms with Gasteiger partial charge in [-0.1, -0.05) is 71.6 Å². The quantitative estimate of drug-likeness (QED) is 0.158. The third-order valence-corrected chi connectivity index (χ3v) is 12.4. The molecule has 0 N–H and O–H groups in total. The van der Waals surface area contributed by atoms with Gasteiger partial charge in [-0.25, -0.2) is 4.79 Å². The highest BCUT2D eigenvalue weighted by molar-refractivity contribution is 5.87. The van der Waals surface area contributed by atoms with Gasteiger partial charge in [0, 0.05) is 12.5 Å². The highest BCUT2D eigenvalue weighted by Crippen LogP contribution is 2.67. The third-order valence-electron chi connectivity index (χ3n) is 12.4. The van der Waals surface area contributed by atoms with E-state index < -0.39 is 0 Å². The number of methoxy groups -OCH3 is 2. The van der Waals surface area contributed by atoms with E-state index in [2.05, 4.69) is 40.7 Å². The molecule has 0 heterocycles. The van der Waals surface area contributed by atoms with Gasteiger partial charge in [0.2, 0.25) is 0 Å². The highest BCUT2D eigenvalue weighted by Gasteiger charge is 2.59. The van der Waals surface area contributed by atoms with Crippen molar-refractivity contribution in [1.82, 2.24) is 0 Å². The molecule has 4 heteroatoms. The number of esters is 1. The summed E-state index contributed by atoms with van der Waals surface area (Å²) >= 11 is 0. The summed E-state index contributed by atoms with van der Waals surface area (Å²) in [5, 5.41) is 0. The van der Waals surface area contributed by atoms with Crippen molar-refractivity contribution < 1.29 is 19.0 Å². The van der Waals surface area contributed by atoms with Gasteiger partial charge in [0.05, 0.1) is 14.2 Å². The van der Waals surface area contributed by atoms with Crippen LogP contribution >= 0.6 is 0 Å². The van der Waals surface area contributed by atoms with Gasteiger partial charge in [0.25, 0.3) is 0 Å². The van der Waals surface area contributed by atoms with E-state index in [1.165, 1.54) is 51.4 Å². The summed E-state index contributed by atoms with van der Waals surface area (Å²) in [6, 6.07) is 5.63. The molecule has 0 aromatic heterocycles. The van der Waals surface area contributed by atoms with E-state index in [1.54, 1.807) is 31.9 Å². The summed E-state index contributed by atoms with van der Waals surface area (Å²) in [6.45, 7) is 12.5. The molecule has 1 aromatic rings. The summed E-state index contributed by atoms with van der Waals surface area (Å²) < 4.78 is 16.7. The Morgan fingerprint density at radius 2 is 1.76 bits per heavy atom. The minimum atomic E-state index is -0.263. The zero-order valence-corrected chi connectivity index (χ0v) is 27.4. The maximum Gasteiger partial charge on any atom is 0.331 e. The van der Waals surface area contributed by atoms with Crippen LogP contribution in [0.25, 0.3) is 6.08 Å². The second-order valence-electron chi connectivity index (χ2n) is 15.0. The Balaban J connectivity index is 1.20. The van der Waals surface area contributed by atoms with Crippen LogP contribution in [0.2, 0.25) is 0 Å². The van der Waals surface area contributed by atoms with Crippen LogP contribution in [-0.2, 0) is 9.53 Å². The van der Waals surface area contributed by atoms with Gasteiger partial charge < -0.3 is 14.2 Å². The molecule has 3 saturated carbocycles. The van der Waals surface area contributed by atoms with Crippen molar-refractivity contribution in [3.05, 3.63) is 41.5 Å². The molecule has 0 radical (unpaired) electrons. The van der Waals surface area contributed by atoms with Crippen LogP contribution in [0.4, 0.5) is 0 Å². The van der Waals surface area contributed by atoms with Gasteiger partial charge in [-0.2, -0.15) is 0 Å². The van der Waals surface area contributed by atoms with E-state index in [0.29, 0.717) is 16.9 Å². The third kappa shape index (κ3) is 6.06. The predicted octanol–water partition coefficient (Wildman–Crippen LogP) is 9.67. The van der Waals surface area contributed by atoms with Crippen LogP contribution < -0.4 is 9.47 Å². The fourth-order valence-electron chi connectivity index (χ4n) is 10.1. The highest BCUT2D eigenvalue weighted by atomic mass is 16.5. The fraction of sp³-hybridized carbons (Fsp3) is 0.711. The van der Waals surface area contributed by atoms with E-state index in [1.807, 2.05) is 18.2 Å². The molecule has 42 heavy (non-hydrogen) atoms. The second kappa shape index (κ2) is 12.8. The number of ether oxygens (including phenoxy) is 3. The predicted molar refractivity (Wildman–Crippen MR) is 172 cm³/mol. The molecule has 0 bridgehead atoms. The molecule has 5 rings (SSSR count). The molecular weight excluding hydrogens is 520 g/mol. The molecule has 0 spiro atoms. The smallest absolute Gasteiger partial charge is 0.331 e. The number of carbonyl (C=O) groups excluding carboxylic acids is 1. The van der Waals surface area contributed by atoms with E-state index in [4.69, 9.17) is 14.2 Å². The Hall–Kier alpha value is -2.23. The lowest BCUT2D eigenvalue weighted by atomic mass is 9.47. The monoisotopic (exact) mass is 576 g/mol. The first-order valence-corrected chi connectivity index (χ1v) is 16.9. The molecule has 3 unspecified atom stereocenters. The lowest BCUT2D eigenvalue weighted by molar-refractivity contribution is -0.145. The van der Waals surface area contributed by atoms with Gasteiger partial charge in [0.15, 0.2) is 11.5 Å². The van der Waals surface area contributed by atoms with Crippen LogP contribution in [0.1, 0.15) is 111 Å². The van der Waals surface area contributed by atoms with Crippen LogP contribution in [0, 0.1) is 46.3 Å². The molecule has 3 fully saturated rings.